The van der Waals surface area contributed by atoms with E-state index in [-0.39, 0.29) is 12.5 Å². The number of nitrogens with two attached hydrogens (primary N) is 1. The predicted molar refractivity (Wildman–Crippen MR) is 70.7 cm³/mol. The monoisotopic (exact) mass is 314 g/mol. The van der Waals surface area contributed by atoms with Crippen LogP contribution in [0.25, 0.3) is 0 Å². The van der Waals surface area contributed by atoms with Gasteiger partial charge in [0.05, 0.1) is 0 Å². The number of likely N-dealkylation sites (N-methyl/N-ethyl adjacent to an activating group) is 1. The number of primary amides is 1. The Morgan fingerprint density at radius 3 is 2.67 bits per heavy atom. The molecule has 0 aromatic heterocycles. The largest absolute Gasteiger partial charge is 0.375 e. The van der Waals surface area contributed by atoms with Gasteiger partial charge in [-0.05, 0) is 17.7 Å². The molecule has 18 heavy (non-hydrogen) atoms. The first-order valence-electron chi connectivity index (χ1n) is 5.26. The van der Waals surface area contributed by atoms with Crippen LogP contribution < -0.4 is 5.73 Å². The van der Waals surface area contributed by atoms with Gasteiger partial charge in [0.1, 0.15) is 12.6 Å². The molecule has 0 saturated heterocycles. The van der Waals surface area contributed by atoms with E-state index in [9.17, 15) is 9.59 Å². The summed E-state index contributed by atoms with van der Waals surface area (Å²) in [4.78, 5) is 24.5. The standard InChI is InChI=1S/C12H15BrN2O3/c1-15(10(16)7-18-2)11(12(14)17)8-4-3-5-9(13)6-8/h3-6,11H,7H2,1-2H3,(H2,14,17). The van der Waals surface area contributed by atoms with Crippen LogP contribution in [0.3, 0.4) is 0 Å². The molecular formula is C12H15BrN2O3. The van der Waals surface area contributed by atoms with Gasteiger partial charge in [-0.15, -0.1) is 0 Å². The predicted octanol–water partition coefficient (Wildman–Crippen LogP) is 1.08. The maximum absolute atomic E-state index is 11.7. The number of hydrogen-bond acceptors (Lipinski definition) is 3. The molecule has 6 heteroatoms. The first kappa shape index (κ1) is 14.7. The fraction of sp³-hybridized carbons (Fsp3) is 0.333. The molecule has 0 aliphatic heterocycles. The van der Waals surface area contributed by atoms with E-state index >= 15 is 0 Å². The number of methoxy groups -OCH3 is 1. The number of hydrogen-bond donors (Lipinski definition) is 1. The van der Waals surface area contributed by atoms with Crippen LogP contribution in [0.1, 0.15) is 11.6 Å². The number of halogens is 1. The molecule has 0 radical (unpaired) electrons. The van der Waals surface area contributed by atoms with Gasteiger partial charge >= 0.3 is 0 Å². The lowest BCUT2D eigenvalue weighted by molar-refractivity contribution is -0.141. The minimum Gasteiger partial charge on any atom is -0.375 e. The average molecular weight is 315 g/mol. The molecule has 1 atom stereocenters. The highest BCUT2D eigenvalue weighted by molar-refractivity contribution is 9.10. The van der Waals surface area contributed by atoms with Crippen LogP contribution in [-0.2, 0) is 14.3 Å². The van der Waals surface area contributed by atoms with Crippen LogP contribution in [0.5, 0.6) is 0 Å². The zero-order valence-corrected chi connectivity index (χ0v) is 11.8. The van der Waals surface area contributed by atoms with E-state index in [1.54, 1.807) is 18.2 Å². The van der Waals surface area contributed by atoms with Crippen LogP contribution >= 0.6 is 15.9 Å². The van der Waals surface area contributed by atoms with E-state index in [0.717, 1.165) is 4.47 Å². The van der Waals surface area contributed by atoms with Gasteiger partial charge in [0, 0.05) is 18.6 Å². The van der Waals surface area contributed by atoms with Gasteiger partial charge in [0.2, 0.25) is 11.8 Å². The Labute approximate surface area is 114 Å². The molecule has 0 aliphatic carbocycles. The topological polar surface area (TPSA) is 72.6 Å². The third kappa shape index (κ3) is 3.54. The van der Waals surface area contributed by atoms with E-state index in [1.165, 1.54) is 19.1 Å². The van der Waals surface area contributed by atoms with Crippen molar-refractivity contribution in [2.75, 3.05) is 20.8 Å². The maximum Gasteiger partial charge on any atom is 0.249 e. The molecule has 0 spiro atoms. The molecule has 0 bridgehead atoms. The van der Waals surface area contributed by atoms with Gasteiger partial charge in [0.25, 0.3) is 0 Å². The summed E-state index contributed by atoms with van der Waals surface area (Å²) in [5, 5.41) is 0. The van der Waals surface area contributed by atoms with E-state index in [0.29, 0.717) is 5.56 Å². The summed E-state index contributed by atoms with van der Waals surface area (Å²) in [6.07, 6.45) is 0. The second-order valence-electron chi connectivity index (χ2n) is 3.80. The van der Waals surface area contributed by atoms with Gasteiger partial charge in [-0.1, -0.05) is 28.1 Å². The Balaban J connectivity index is 3.03. The lowest BCUT2D eigenvalue weighted by atomic mass is 10.1. The third-order valence-corrected chi connectivity index (χ3v) is 2.98. The zero-order valence-electron chi connectivity index (χ0n) is 10.2. The Hall–Kier alpha value is -1.40. The van der Waals surface area contributed by atoms with Crippen molar-refractivity contribution in [3.8, 4) is 0 Å². The zero-order chi connectivity index (χ0) is 13.7. The summed E-state index contributed by atoms with van der Waals surface area (Å²) >= 11 is 3.32. The molecule has 2 amide bonds. The van der Waals surface area contributed by atoms with Crippen LogP contribution in [0, 0.1) is 0 Å². The molecule has 1 rings (SSSR count). The van der Waals surface area contributed by atoms with Gasteiger partial charge in [0.15, 0.2) is 0 Å². The van der Waals surface area contributed by atoms with Crippen LogP contribution in [-0.4, -0.2) is 37.5 Å². The lowest BCUT2D eigenvalue weighted by Gasteiger charge is -2.26. The second-order valence-corrected chi connectivity index (χ2v) is 4.71. The van der Waals surface area contributed by atoms with Crippen molar-refractivity contribution >= 4 is 27.7 Å². The highest BCUT2D eigenvalue weighted by Gasteiger charge is 2.26. The number of carbonyl (C=O) groups excluding carboxylic acids is 2. The SMILES string of the molecule is COCC(=O)N(C)C(C(N)=O)c1cccc(Br)c1. The summed E-state index contributed by atoms with van der Waals surface area (Å²) in [5.74, 6) is -0.888. The quantitative estimate of drug-likeness (QED) is 0.884. The number of benzene rings is 1. The van der Waals surface area contributed by atoms with Crippen molar-refractivity contribution in [2.24, 2.45) is 5.73 Å². The Bertz CT molecular complexity index is 451. The molecule has 5 nitrogen and oxygen atoms in total. The smallest absolute Gasteiger partial charge is 0.249 e. The number of carbonyl (C=O) groups is 2. The van der Waals surface area contributed by atoms with Crippen molar-refractivity contribution in [3.05, 3.63) is 34.3 Å². The van der Waals surface area contributed by atoms with Crippen molar-refractivity contribution in [3.63, 3.8) is 0 Å². The number of nitrogens with zero attached hydrogens (tertiary/aromatic N) is 1. The van der Waals surface area contributed by atoms with Gasteiger partial charge in [-0.2, -0.15) is 0 Å². The summed E-state index contributed by atoms with van der Waals surface area (Å²) in [6, 6.07) is 6.32. The fourth-order valence-corrected chi connectivity index (χ4v) is 2.04. The molecule has 0 fully saturated rings. The number of ether oxygens (including phenoxy) is 1. The van der Waals surface area contributed by atoms with Crippen LogP contribution in [0.15, 0.2) is 28.7 Å². The summed E-state index contributed by atoms with van der Waals surface area (Å²) in [5.41, 5.74) is 6.02. The summed E-state index contributed by atoms with van der Waals surface area (Å²) in [6.45, 7) is -0.0890. The lowest BCUT2D eigenvalue weighted by Crippen LogP contribution is -2.40. The molecule has 2 N–H and O–H groups in total. The first-order valence-corrected chi connectivity index (χ1v) is 6.06. The maximum atomic E-state index is 11.7. The first-order chi connectivity index (χ1) is 8.47. The van der Waals surface area contributed by atoms with E-state index in [2.05, 4.69) is 15.9 Å². The minimum absolute atomic E-state index is 0.0890. The van der Waals surface area contributed by atoms with Crippen molar-refractivity contribution < 1.29 is 14.3 Å². The van der Waals surface area contributed by atoms with E-state index < -0.39 is 11.9 Å². The Morgan fingerprint density at radius 2 is 2.17 bits per heavy atom. The van der Waals surface area contributed by atoms with Crippen molar-refractivity contribution in [1.29, 1.82) is 0 Å². The molecule has 1 aromatic rings. The highest BCUT2D eigenvalue weighted by Crippen LogP contribution is 2.22. The molecular weight excluding hydrogens is 300 g/mol. The number of amides is 2. The highest BCUT2D eigenvalue weighted by atomic mass is 79.9. The summed E-state index contributed by atoms with van der Waals surface area (Å²) < 4.78 is 5.58. The van der Waals surface area contributed by atoms with Crippen molar-refractivity contribution in [1.82, 2.24) is 4.90 Å². The minimum atomic E-state index is -0.801. The fourth-order valence-electron chi connectivity index (χ4n) is 1.62. The van der Waals surface area contributed by atoms with Crippen LogP contribution in [0.2, 0.25) is 0 Å². The molecule has 98 valence electrons. The van der Waals surface area contributed by atoms with E-state index in [4.69, 9.17) is 10.5 Å². The molecule has 0 aliphatic rings. The van der Waals surface area contributed by atoms with Crippen LogP contribution in [0.4, 0.5) is 0 Å². The van der Waals surface area contributed by atoms with E-state index in [1.807, 2.05) is 6.07 Å². The third-order valence-electron chi connectivity index (χ3n) is 2.48. The summed E-state index contributed by atoms with van der Waals surface area (Å²) in [7, 11) is 2.95. The van der Waals surface area contributed by atoms with Crippen molar-refractivity contribution in [2.45, 2.75) is 6.04 Å². The van der Waals surface area contributed by atoms with Gasteiger partial charge in [-0.25, -0.2) is 0 Å². The molecule has 0 heterocycles. The Kier molecular flexibility index (Phi) is 5.30. The average Bonchev–Trinajstić information content (AvgIpc) is 2.29. The van der Waals surface area contributed by atoms with Gasteiger partial charge < -0.3 is 15.4 Å². The molecule has 1 unspecified atom stereocenters. The number of rotatable bonds is 5. The van der Waals surface area contributed by atoms with Gasteiger partial charge in [-0.3, -0.25) is 9.59 Å². The molecule has 0 saturated carbocycles. The second kappa shape index (κ2) is 6.51. The molecule has 1 aromatic carbocycles. The Morgan fingerprint density at radius 1 is 1.50 bits per heavy atom. The normalized spacial score (nSPS) is 11.9.